The van der Waals surface area contributed by atoms with E-state index in [0.717, 1.165) is 37.1 Å². The molecule has 2 heterocycles. The highest BCUT2D eigenvalue weighted by Crippen LogP contribution is 2.25. The lowest BCUT2D eigenvalue weighted by atomic mass is 9.87. The van der Waals surface area contributed by atoms with Crippen LogP contribution in [0.1, 0.15) is 50.6 Å². The van der Waals surface area contributed by atoms with Gasteiger partial charge >= 0.3 is 0 Å². The zero-order valence-electron chi connectivity index (χ0n) is 19.5. The molecule has 6 nitrogen and oxygen atoms in total. The van der Waals surface area contributed by atoms with Crippen LogP contribution in [0.15, 0.2) is 53.1 Å². The fourth-order valence-corrected chi connectivity index (χ4v) is 4.16. The number of carbonyl (C=O) groups is 1. The van der Waals surface area contributed by atoms with Gasteiger partial charge in [-0.1, -0.05) is 73.9 Å². The van der Waals surface area contributed by atoms with E-state index in [2.05, 4.69) is 53.3 Å². The van der Waals surface area contributed by atoms with E-state index in [4.69, 9.17) is 16.1 Å². The van der Waals surface area contributed by atoms with Crippen LogP contribution < -0.4 is 5.32 Å². The summed E-state index contributed by atoms with van der Waals surface area (Å²) in [5.74, 6) is 1.37. The van der Waals surface area contributed by atoms with Crippen LogP contribution in [-0.4, -0.2) is 34.0 Å². The van der Waals surface area contributed by atoms with Gasteiger partial charge in [-0.3, -0.25) is 9.69 Å². The highest BCUT2D eigenvalue weighted by atomic mass is 35.5. The molecule has 33 heavy (non-hydrogen) atoms. The SMILES string of the molecule is CC(C)(C)c1ccc(-c2noc(CN3CCC(C(=O)NCc4ccc(Cl)cc4)CC3)n2)cc1. The smallest absolute Gasteiger partial charge is 0.241 e. The summed E-state index contributed by atoms with van der Waals surface area (Å²) in [7, 11) is 0. The lowest BCUT2D eigenvalue weighted by Gasteiger charge is -2.30. The molecule has 1 aromatic heterocycles. The van der Waals surface area contributed by atoms with Crippen molar-refractivity contribution in [1.29, 1.82) is 0 Å². The summed E-state index contributed by atoms with van der Waals surface area (Å²) in [6.45, 7) is 9.38. The largest absolute Gasteiger partial charge is 0.352 e. The number of amides is 1. The van der Waals surface area contributed by atoms with Crippen molar-refractivity contribution < 1.29 is 9.32 Å². The average molecular weight is 467 g/mol. The molecule has 1 aliphatic heterocycles. The van der Waals surface area contributed by atoms with E-state index in [9.17, 15) is 4.79 Å². The number of carbonyl (C=O) groups excluding carboxylic acids is 1. The zero-order chi connectivity index (χ0) is 23.4. The van der Waals surface area contributed by atoms with Gasteiger partial charge < -0.3 is 9.84 Å². The molecule has 3 aromatic rings. The second-order valence-corrected chi connectivity index (χ2v) is 10.2. The molecule has 0 unspecified atom stereocenters. The summed E-state index contributed by atoms with van der Waals surface area (Å²) >= 11 is 5.91. The van der Waals surface area contributed by atoms with Gasteiger partial charge in [0.25, 0.3) is 0 Å². The van der Waals surface area contributed by atoms with Crippen LogP contribution in [0.5, 0.6) is 0 Å². The molecule has 1 N–H and O–H groups in total. The first-order chi connectivity index (χ1) is 15.8. The number of benzene rings is 2. The molecule has 4 rings (SSSR count). The van der Waals surface area contributed by atoms with Crippen LogP contribution in [0.25, 0.3) is 11.4 Å². The van der Waals surface area contributed by atoms with Gasteiger partial charge in [0.2, 0.25) is 17.6 Å². The van der Waals surface area contributed by atoms with Crippen LogP contribution in [0.4, 0.5) is 0 Å². The number of halogens is 1. The minimum Gasteiger partial charge on any atom is -0.352 e. The third kappa shape index (κ3) is 6.21. The molecule has 0 radical (unpaired) electrons. The number of piperidine rings is 1. The minimum absolute atomic E-state index is 0.0353. The number of nitrogens with zero attached hydrogens (tertiary/aromatic N) is 3. The van der Waals surface area contributed by atoms with Gasteiger partial charge in [-0.05, 0) is 54.6 Å². The molecule has 7 heteroatoms. The highest BCUT2D eigenvalue weighted by molar-refractivity contribution is 6.30. The van der Waals surface area contributed by atoms with Crippen molar-refractivity contribution in [3.05, 3.63) is 70.6 Å². The number of likely N-dealkylation sites (tertiary alicyclic amines) is 1. The fourth-order valence-electron chi connectivity index (χ4n) is 4.04. The van der Waals surface area contributed by atoms with Crippen molar-refractivity contribution in [2.75, 3.05) is 13.1 Å². The van der Waals surface area contributed by atoms with E-state index in [0.29, 0.717) is 29.8 Å². The zero-order valence-corrected chi connectivity index (χ0v) is 20.2. The molecule has 1 fully saturated rings. The Kier molecular flexibility index (Phi) is 7.15. The second kappa shape index (κ2) is 10.1. The van der Waals surface area contributed by atoms with Crippen molar-refractivity contribution in [2.45, 2.75) is 52.1 Å². The predicted molar refractivity (Wildman–Crippen MR) is 130 cm³/mol. The number of hydrogen-bond donors (Lipinski definition) is 1. The molecule has 174 valence electrons. The Labute approximate surface area is 200 Å². The van der Waals surface area contributed by atoms with Gasteiger partial charge in [0.05, 0.1) is 6.54 Å². The first-order valence-corrected chi connectivity index (χ1v) is 11.8. The van der Waals surface area contributed by atoms with Crippen molar-refractivity contribution in [3.8, 4) is 11.4 Å². The van der Waals surface area contributed by atoms with Crippen molar-refractivity contribution >= 4 is 17.5 Å². The van der Waals surface area contributed by atoms with E-state index < -0.39 is 0 Å². The maximum Gasteiger partial charge on any atom is 0.241 e. The second-order valence-electron chi connectivity index (χ2n) is 9.73. The van der Waals surface area contributed by atoms with Gasteiger partial charge in [-0.15, -0.1) is 0 Å². The monoisotopic (exact) mass is 466 g/mol. The molecule has 2 aromatic carbocycles. The van der Waals surface area contributed by atoms with Gasteiger partial charge in [0, 0.05) is 23.0 Å². The molecule has 0 saturated carbocycles. The Morgan fingerprint density at radius 1 is 1.09 bits per heavy atom. The number of aromatic nitrogens is 2. The van der Waals surface area contributed by atoms with Crippen molar-refractivity contribution in [1.82, 2.24) is 20.4 Å². The molecule has 0 aliphatic carbocycles. The van der Waals surface area contributed by atoms with Crippen molar-refractivity contribution in [3.63, 3.8) is 0 Å². The summed E-state index contributed by atoms with van der Waals surface area (Å²) in [4.78, 5) is 19.4. The van der Waals surface area contributed by atoms with E-state index in [-0.39, 0.29) is 17.2 Å². The lowest BCUT2D eigenvalue weighted by molar-refractivity contribution is -0.126. The molecule has 0 atom stereocenters. The Hall–Kier alpha value is -2.70. The summed E-state index contributed by atoms with van der Waals surface area (Å²) in [5, 5.41) is 7.90. The lowest BCUT2D eigenvalue weighted by Crippen LogP contribution is -2.40. The molecular weight excluding hydrogens is 436 g/mol. The van der Waals surface area contributed by atoms with Crippen LogP contribution in [0.2, 0.25) is 5.02 Å². The molecule has 1 saturated heterocycles. The Bertz CT molecular complexity index is 1060. The molecular formula is C26H31ClN4O2. The Balaban J connectivity index is 1.25. The Morgan fingerprint density at radius 3 is 2.39 bits per heavy atom. The van der Waals surface area contributed by atoms with E-state index in [1.807, 2.05) is 36.4 Å². The summed E-state index contributed by atoms with van der Waals surface area (Å²) < 4.78 is 5.50. The third-order valence-electron chi connectivity index (χ3n) is 6.17. The number of hydrogen-bond acceptors (Lipinski definition) is 5. The topological polar surface area (TPSA) is 71.3 Å². The van der Waals surface area contributed by atoms with Crippen molar-refractivity contribution in [2.24, 2.45) is 5.92 Å². The molecule has 0 spiro atoms. The molecule has 1 aliphatic rings. The first-order valence-electron chi connectivity index (χ1n) is 11.5. The van der Waals surface area contributed by atoms with E-state index in [1.165, 1.54) is 5.56 Å². The molecule has 0 bridgehead atoms. The van der Waals surface area contributed by atoms with Gasteiger partial charge in [0.15, 0.2) is 0 Å². The minimum atomic E-state index is 0.0353. The quantitative estimate of drug-likeness (QED) is 0.539. The number of nitrogens with one attached hydrogen (secondary N) is 1. The highest BCUT2D eigenvalue weighted by Gasteiger charge is 2.26. The van der Waals surface area contributed by atoms with E-state index >= 15 is 0 Å². The standard InChI is InChI=1S/C26H31ClN4O2/c1-26(2,3)21-8-6-19(7-9-21)24-29-23(33-30-24)17-31-14-12-20(13-15-31)25(32)28-16-18-4-10-22(27)11-5-18/h4-11,20H,12-17H2,1-3H3,(H,28,32). The van der Waals surface area contributed by atoms with E-state index in [1.54, 1.807) is 0 Å². The number of rotatable bonds is 6. The van der Waals surface area contributed by atoms with Gasteiger partial charge in [-0.25, -0.2) is 0 Å². The third-order valence-corrected chi connectivity index (χ3v) is 6.43. The Morgan fingerprint density at radius 2 is 1.76 bits per heavy atom. The van der Waals surface area contributed by atoms with Crippen LogP contribution >= 0.6 is 11.6 Å². The fraction of sp³-hybridized carbons (Fsp3) is 0.423. The maximum absolute atomic E-state index is 12.6. The summed E-state index contributed by atoms with van der Waals surface area (Å²) in [6, 6.07) is 15.9. The normalized spacial score (nSPS) is 15.5. The van der Waals surface area contributed by atoms with Gasteiger partial charge in [0.1, 0.15) is 0 Å². The summed E-state index contributed by atoms with van der Waals surface area (Å²) in [5.41, 5.74) is 3.38. The average Bonchev–Trinajstić information content (AvgIpc) is 3.27. The van der Waals surface area contributed by atoms with Crippen LogP contribution in [-0.2, 0) is 23.3 Å². The van der Waals surface area contributed by atoms with Crippen LogP contribution in [0.3, 0.4) is 0 Å². The van der Waals surface area contributed by atoms with Gasteiger partial charge in [-0.2, -0.15) is 4.98 Å². The maximum atomic E-state index is 12.6. The first kappa shape index (κ1) is 23.5. The van der Waals surface area contributed by atoms with Crippen LogP contribution in [0, 0.1) is 5.92 Å². The predicted octanol–water partition coefficient (Wildman–Crippen LogP) is 5.22. The summed E-state index contributed by atoms with van der Waals surface area (Å²) in [6.07, 6.45) is 1.64. The molecule has 1 amide bonds.